The van der Waals surface area contributed by atoms with Crippen molar-refractivity contribution < 1.29 is 14.3 Å². The van der Waals surface area contributed by atoms with Gasteiger partial charge in [-0.25, -0.2) is 0 Å². The third kappa shape index (κ3) is 2.60. The van der Waals surface area contributed by atoms with Crippen molar-refractivity contribution in [1.82, 2.24) is 9.80 Å². The minimum Gasteiger partial charge on any atom is -0.496 e. The number of benzene rings is 1. The molecule has 0 bridgehead atoms. The van der Waals surface area contributed by atoms with E-state index in [-0.39, 0.29) is 17.2 Å². The van der Waals surface area contributed by atoms with E-state index in [1.54, 1.807) is 7.11 Å². The molecule has 5 heteroatoms. The van der Waals surface area contributed by atoms with Crippen LogP contribution in [0.5, 0.6) is 5.75 Å². The first kappa shape index (κ1) is 16.4. The van der Waals surface area contributed by atoms with E-state index in [0.29, 0.717) is 24.4 Å². The molecule has 3 aliphatic rings. The molecule has 4 rings (SSSR count). The Morgan fingerprint density at radius 2 is 1.88 bits per heavy atom. The Morgan fingerprint density at radius 3 is 2.64 bits per heavy atom. The van der Waals surface area contributed by atoms with E-state index >= 15 is 0 Å². The van der Waals surface area contributed by atoms with E-state index in [1.165, 1.54) is 11.1 Å². The van der Waals surface area contributed by atoms with Crippen LogP contribution in [0.4, 0.5) is 0 Å². The van der Waals surface area contributed by atoms with Crippen molar-refractivity contribution >= 4 is 11.8 Å². The van der Waals surface area contributed by atoms with Gasteiger partial charge < -0.3 is 14.5 Å². The monoisotopic (exact) mass is 342 g/mol. The van der Waals surface area contributed by atoms with Gasteiger partial charge in [0.05, 0.1) is 18.1 Å². The number of carbonyl (C=O) groups excluding carboxylic acids is 2. The predicted molar refractivity (Wildman–Crippen MR) is 94.8 cm³/mol. The van der Waals surface area contributed by atoms with Crippen LogP contribution >= 0.6 is 0 Å². The lowest BCUT2D eigenvalue weighted by atomic mass is 9.78. The van der Waals surface area contributed by atoms with Crippen LogP contribution < -0.4 is 4.74 Å². The number of methoxy groups -OCH3 is 1. The molecule has 1 aliphatic carbocycles. The number of carbonyl (C=O) groups is 2. The first-order valence-corrected chi connectivity index (χ1v) is 9.29. The summed E-state index contributed by atoms with van der Waals surface area (Å²) in [5.41, 5.74) is 2.85. The number of rotatable bonds is 2. The number of hydrogen-bond acceptors (Lipinski definition) is 3. The van der Waals surface area contributed by atoms with Gasteiger partial charge in [-0.15, -0.1) is 0 Å². The minimum absolute atomic E-state index is 0.00412. The number of ether oxygens (including phenoxy) is 1. The zero-order valence-electron chi connectivity index (χ0n) is 15.1. The van der Waals surface area contributed by atoms with E-state index < -0.39 is 0 Å². The summed E-state index contributed by atoms with van der Waals surface area (Å²) in [7, 11) is 3.50. The molecular formula is C20H26N2O3. The Morgan fingerprint density at radius 1 is 1.12 bits per heavy atom. The number of nitrogens with zero attached hydrogens (tertiary/aromatic N) is 2. The molecule has 0 radical (unpaired) electrons. The maximum absolute atomic E-state index is 13.2. The largest absolute Gasteiger partial charge is 0.496 e. The normalized spacial score (nSPS) is 25.6. The van der Waals surface area contributed by atoms with Crippen molar-refractivity contribution in [2.45, 2.75) is 38.5 Å². The summed E-state index contributed by atoms with van der Waals surface area (Å²) in [4.78, 5) is 29.5. The highest BCUT2D eigenvalue weighted by Crippen LogP contribution is 2.41. The Hall–Kier alpha value is -2.04. The molecule has 1 atom stereocenters. The molecule has 0 saturated carbocycles. The number of piperidine rings is 1. The van der Waals surface area contributed by atoms with E-state index in [9.17, 15) is 9.59 Å². The van der Waals surface area contributed by atoms with E-state index in [0.717, 1.165) is 45.1 Å². The van der Waals surface area contributed by atoms with Gasteiger partial charge in [-0.05, 0) is 61.8 Å². The van der Waals surface area contributed by atoms with E-state index in [2.05, 4.69) is 0 Å². The van der Waals surface area contributed by atoms with Crippen molar-refractivity contribution in [3.63, 3.8) is 0 Å². The molecule has 1 spiro atoms. The third-order valence-corrected chi connectivity index (χ3v) is 6.23. The van der Waals surface area contributed by atoms with Crippen molar-refractivity contribution in [3.05, 3.63) is 28.8 Å². The second kappa shape index (κ2) is 6.04. The van der Waals surface area contributed by atoms with Crippen molar-refractivity contribution in [1.29, 1.82) is 0 Å². The summed E-state index contributed by atoms with van der Waals surface area (Å²) in [5.74, 6) is 0.873. The Bertz CT molecular complexity index is 730. The van der Waals surface area contributed by atoms with Crippen LogP contribution in [0, 0.1) is 5.41 Å². The Balaban J connectivity index is 1.59. The molecule has 0 unspecified atom stereocenters. The summed E-state index contributed by atoms with van der Waals surface area (Å²) in [6.07, 6.45) is 5.92. The maximum Gasteiger partial charge on any atom is 0.257 e. The number of aryl methyl sites for hydroxylation is 2. The van der Waals surface area contributed by atoms with E-state index in [1.807, 2.05) is 29.0 Å². The lowest BCUT2D eigenvalue weighted by Crippen LogP contribution is -2.48. The second-order valence-electron chi connectivity index (χ2n) is 7.76. The molecule has 2 heterocycles. The van der Waals surface area contributed by atoms with Gasteiger partial charge in [0.25, 0.3) is 5.91 Å². The molecular weight excluding hydrogens is 316 g/mol. The van der Waals surface area contributed by atoms with Gasteiger partial charge >= 0.3 is 0 Å². The summed E-state index contributed by atoms with van der Waals surface area (Å²) >= 11 is 0. The highest BCUT2D eigenvalue weighted by atomic mass is 16.5. The fourth-order valence-electron chi connectivity index (χ4n) is 4.80. The third-order valence-electron chi connectivity index (χ3n) is 6.23. The fourth-order valence-corrected chi connectivity index (χ4v) is 4.80. The highest BCUT2D eigenvalue weighted by molar-refractivity contribution is 5.98. The molecule has 2 saturated heterocycles. The SMILES string of the molecule is COc1cc2c(cc1C(=O)N1CC[C@@]3(CCCN(C)C3=O)C1)CCC2. The highest BCUT2D eigenvalue weighted by Gasteiger charge is 2.48. The molecule has 1 aromatic rings. The first-order chi connectivity index (χ1) is 12.0. The quantitative estimate of drug-likeness (QED) is 0.828. The summed E-state index contributed by atoms with van der Waals surface area (Å²) < 4.78 is 5.50. The number of fused-ring (bicyclic) bond motifs is 1. The Kier molecular flexibility index (Phi) is 3.97. The average Bonchev–Trinajstić information content (AvgIpc) is 3.25. The van der Waals surface area contributed by atoms with Crippen LogP contribution in [-0.4, -0.2) is 55.4 Å². The van der Waals surface area contributed by atoms with Crippen LogP contribution in [0.2, 0.25) is 0 Å². The molecule has 134 valence electrons. The van der Waals surface area contributed by atoms with Crippen molar-refractivity contribution in [2.24, 2.45) is 5.41 Å². The van der Waals surface area contributed by atoms with Crippen LogP contribution in [-0.2, 0) is 17.6 Å². The van der Waals surface area contributed by atoms with Gasteiger partial charge in [-0.2, -0.15) is 0 Å². The number of hydrogen-bond donors (Lipinski definition) is 0. The zero-order chi connectivity index (χ0) is 17.6. The molecule has 2 fully saturated rings. The van der Waals surface area contributed by atoms with Crippen molar-refractivity contribution in [3.8, 4) is 5.75 Å². The van der Waals surface area contributed by atoms with Crippen LogP contribution in [0.3, 0.4) is 0 Å². The minimum atomic E-state index is -0.368. The van der Waals surface area contributed by atoms with Crippen LogP contribution in [0.1, 0.15) is 47.2 Å². The summed E-state index contributed by atoms with van der Waals surface area (Å²) in [5, 5.41) is 0. The van der Waals surface area contributed by atoms with Gasteiger partial charge in [-0.3, -0.25) is 9.59 Å². The lowest BCUT2D eigenvalue weighted by molar-refractivity contribution is -0.143. The number of amides is 2. The van der Waals surface area contributed by atoms with Gasteiger partial charge in [0.1, 0.15) is 5.75 Å². The van der Waals surface area contributed by atoms with Gasteiger partial charge in [-0.1, -0.05) is 0 Å². The molecule has 0 aromatic heterocycles. The second-order valence-corrected chi connectivity index (χ2v) is 7.76. The topological polar surface area (TPSA) is 49.9 Å². The van der Waals surface area contributed by atoms with Gasteiger partial charge in [0, 0.05) is 26.7 Å². The van der Waals surface area contributed by atoms with Crippen molar-refractivity contribution in [2.75, 3.05) is 33.8 Å². The molecule has 0 N–H and O–H groups in total. The molecule has 25 heavy (non-hydrogen) atoms. The fraction of sp³-hybridized carbons (Fsp3) is 0.600. The van der Waals surface area contributed by atoms with Gasteiger partial charge in [0.2, 0.25) is 5.91 Å². The molecule has 5 nitrogen and oxygen atoms in total. The van der Waals surface area contributed by atoms with Gasteiger partial charge in [0.15, 0.2) is 0 Å². The lowest BCUT2D eigenvalue weighted by Gasteiger charge is -2.37. The predicted octanol–water partition coefficient (Wildman–Crippen LogP) is 2.27. The molecule has 2 amide bonds. The first-order valence-electron chi connectivity index (χ1n) is 9.29. The average molecular weight is 342 g/mol. The summed E-state index contributed by atoms with van der Waals surface area (Å²) in [6, 6.07) is 4.05. The number of likely N-dealkylation sites (tertiary alicyclic amines) is 2. The molecule has 1 aromatic carbocycles. The summed E-state index contributed by atoms with van der Waals surface area (Å²) in [6.45, 7) is 2.01. The molecule has 2 aliphatic heterocycles. The van der Waals surface area contributed by atoms with Crippen LogP contribution in [0.25, 0.3) is 0 Å². The smallest absolute Gasteiger partial charge is 0.257 e. The zero-order valence-corrected chi connectivity index (χ0v) is 15.1. The maximum atomic E-state index is 13.2. The standard InChI is InChI=1S/C20H26N2O3/c1-21-9-4-7-20(19(21)24)8-10-22(13-20)18(23)16-11-14-5-3-6-15(14)12-17(16)25-2/h11-12H,3-10,13H2,1-2H3/t20-/m0/s1. The van der Waals surface area contributed by atoms with E-state index in [4.69, 9.17) is 4.74 Å². The van der Waals surface area contributed by atoms with Crippen LogP contribution in [0.15, 0.2) is 12.1 Å². The Labute approximate surface area is 148 Å².